The average molecular weight is 311 g/mol. The summed E-state index contributed by atoms with van der Waals surface area (Å²) in [6, 6.07) is 5.30. The van der Waals surface area contributed by atoms with Crippen molar-refractivity contribution in [2.75, 3.05) is 5.43 Å². The summed E-state index contributed by atoms with van der Waals surface area (Å²) in [5, 5.41) is 2.90. The van der Waals surface area contributed by atoms with Gasteiger partial charge in [0.15, 0.2) is 0 Å². The number of nitrogen functional groups attached to an aromatic ring is 1. The molecule has 7 heteroatoms. The Kier molecular flexibility index (Phi) is 4.59. The number of hydrazine groups is 1. The van der Waals surface area contributed by atoms with Crippen LogP contribution in [0, 0.1) is 6.92 Å². The van der Waals surface area contributed by atoms with Gasteiger partial charge in [-0.3, -0.25) is 15.6 Å². The summed E-state index contributed by atoms with van der Waals surface area (Å²) in [7, 11) is 0. The number of nitrogens with one attached hydrogen (secondary N) is 2. The number of hydrogen-bond acceptors (Lipinski definition) is 5. The van der Waals surface area contributed by atoms with E-state index in [1.807, 2.05) is 26.0 Å². The van der Waals surface area contributed by atoms with Gasteiger partial charge in [0.2, 0.25) is 0 Å². The topological polar surface area (TPSA) is 80.0 Å². The van der Waals surface area contributed by atoms with Gasteiger partial charge in [0.05, 0.1) is 21.6 Å². The Morgan fingerprint density at radius 3 is 2.85 bits per heavy atom. The molecule has 0 bridgehead atoms. The quantitative estimate of drug-likeness (QED) is 0.599. The van der Waals surface area contributed by atoms with E-state index in [0.717, 1.165) is 10.6 Å². The highest BCUT2D eigenvalue weighted by molar-refractivity contribution is 7.16. The van der Waals surface area contributed by atoms with Crippen LogP contribution in [0.2, 0.25) is 4.34 Å². The third kappa shape index (κ3) is 3.27. The second kappa shape index (κ2) is 6.21. The minimum Gasteiger partial charge on any atom is -0.345 e. The molecule has 2 aromatic rings. The Hall–Kier alpha value is -1.63. The van der Waals surface area contributed by atoms with Gasteiger partial charge in [0.25, 0.3) is 5.91 Å². The minimum atomic E-state index is -0.234. The predicted octanol–water partition coefficient (Wildman–Crippen LogP) is 2.88. The molecule has 1 atom stereocenters. The summed E-state index contributed by atoms with van der Waals surface area (Å²) in [5.41, 5.74) is 4.26. The SMILES string of the molecule is Cc1cc(NN)c(C(=O)NC(C)c2ccc(Cl)s2)cn1. The van der Waals surface area contributed by atoms with E-state index in [0.29, 0.717) is 15.6 Å². The first kappa shape index (κ1) is 14.8. The lowest BCUT2D eigenvalue weighted by Crippen LogP contribution is -2.27. The van der Waals surface area contributed by atoms with Crippen LogP contribution in [0.25, 0.3) is 0 Å². The van der Waals surface area contributed by atoms with Gasteiger partial charge < -0.3 is 10.7 Å². The van der Waals surface area contributed by atoms with Gasteiger partial charge in [-0.05, 0) is 32.0 Å². The Morgan fingerprint density at radius 1 is 1.50 bits per heavy atom. The fourth-order valence-corrected chi connectivity index (χ4v) is 2.83. The Morgan fingerprint density at radius 2 is 2.25 bits per heavy atom. The van der Waals surface area contributed by atoms with Gasteiger partial charge in [-0.1, -0.05) is 11.6 Å². The number of hydrogen-bond donors (Lipinski definition) is 3. The summed E-state index contributed by atoms with van der Waals surface area (Å²) in [6.07, 6.45) is 1.51. The number of carbonyl (C=O) groups is 1. The third-order valence-electron chi connectivity index (χ3n) is 2.81. The van der Waals surface area contributed by atoms with Crippen LogP contribution in [0.15, 0.2) is 24.4 Å². The second-order valence-electron chi connectivity index (χ2n) is 4.35. The van der Waals surface area contributed by atoms with E-state index in [1.165, 1.54) is 17.5 Å². The van der Waals surface area contributed by atoms with Crippen LogP contribution in [0.1, 0.15) is 33.9 Å². The van der Waals surface area contributed by atoms with E-state index < -0.39 is 0 Å². The summed E-state index contributed by atoms with van der Waals surface area (Å²) >= 11 is 7.33. The maximum absolute atomic E-state index is 12.3. The third-order valence-corrected chi connectivity index (χ3v) is 4.22. The van der Waals surface area contributed by atoms with Crippen molar-refractivity contribution >= 4 is 34.5 Å². The number of nitrogens with two attached hydrogens (primary N) is 1. The number of thiophene rings is 1. The lowest BCUT2D eigenvalue weighted by Gasteiger charge is -2.14. The number of aryl methyl sites for hydroxylation is 1. The lowest BCUT2D eigenvalue weighted by molar-refractivity contribution is 0.0941. The first-order chi connectivity index (χ1) is 9.51. The maximum Gasteiger partial charge on any atom is 0.255 e. The molecular weight excluding hydrogens is 296 g/mol. The maximum atomic E-state index is 12.3. The number of anilines is 1. The molecular formula is C13H15ClN4OS. The van der Waals surface area contributed by atoms with Crippen molar-refractivity contribution < 1.29 is 4.79 Å². The molecule has 20 heavy (non-hydrogen) atoms. The number of pyridine rings is 1. The van der Waals surface area contributed by atoms with Crippen LogP contribution < -0.4 is 16.6 Å². The zero-order valence-corrected chi connectivity index (χ0v) is 12.7. The molecule has 0 aliphatic rings. The van der Waals surface area contributed by atoms with Crippen LogP contribution in [0.4, 0.5) is 5.69 Å². The van der Waals surface area contributed by atoms with Crippen LogP contribution in [-0.2, 0) is 0 Å². The molecule has 5 nitrogen and oxygen atoms in total. The van der Waals surface area contributed by atoms with E-state index in [1.54, 1.807) is 6.07 Å². The molecule has 2 aromatic heterocycles. The fraction of sp³-hybridized carbons (Fsp3) is 0.231. The van der Waals surface area contributed by atoms with Gasteiger partial charge in [-0.15, -0.1) is 11.3 Å². The van der Waals surface area contributed by atoms with E-state index in [-0.39, 0.29) is 11.9 Å². The molecule has 0 aliphatic carbocycles. The van der Waals surface area contributed by atoms with Gasteiger partial charge in [0, 0.05) is 16.8 Å². The highest BCUT2D eigenvalue weighted by Crippen LogP contribution is 2.27. The number of halogens is 1. The molecule has 4 N–H and O–H groups in total. The Bertz CT molecular complexity index is 629. The van der Waals surface area contributed by atoms with Crippen molar-refractivity contribution in [3.8, 4) is 0 Å². The molecule has 2 rings (SSSR count). The monoisotopic (exact) mass is 310 g/mol. The predicted molar refractivity (Wildman–Crippen MR) is 82.0 cm³/mol. The zero-order valence-electron chi connectivity index (χ0n) is 11.1. The molecule has 0 saturated heterocycles. The van der Waals surface area contributed by atoms with Crippen LogP contribution in [0.3, 0.4) is 0 Å². The number of carbonyl (C=O) groups excluding carboxylic acids is 1. The van der Waals surface area contributed by atoms with Crippen molar-refractivity contribution in [1.82, 2.24) is 10.3 Å². The number of rotatable bonds is 4. The van der Waals surface area contributed by atoms with Gasteiger partial charge in [-0.25, -0.2) is 0 Å². The smallest absolute Gasteiger partial charge is 0.255 e. The molecule has 2 heterocycles. The van der Waals surface area contributed by atoms with E-state index in [4.69, 9.17) is 17.4 Å². The standard InChI is InChI=1S/C13H15ClN4OS/c1-7-5-10(18-15)9(6-16-7)13(19)17-8(2)11-3-4-12(14)20-11/h3-6,8H,15H2,1-2H3,(H,16,18)(H,17,19). The molecule has 0 aromatic carbocycles. The number of amides is 1. The molecule has 106 valence electrons. The lowest BCUT2D eigenvalue weighted by atomic mass is 10.2. The summed E-state index contributed by atoms with van der Waals surface area (Å²) < 4.78 is 0.697. The van der Waals surface area contributed by atoms with Crippen molar-refractivity contribution in [2.45, 2.75) is 19.9 Å². The van der Waals surface area contributed by atoms with Crippen molar-refractivity contribution in [1.29, 1.82) is 0 Å². The van der Waals surface area contributed by atoms with Crippen LogP contribution >= 0.6 is 22.9 Å². The van der Waals surface area contributed by atoms with Crippen molar-refractivity contribution in [2.24, 2.45) is 5.84 Å². The highest BCUT2D eigenvalue weighted by Gasteiger charge is 2.16. The molecule has 0 fully saturated rings. The second-order valence-corrected chi connectivity index (χ2v) is 6.10. The van der Waals surface area contributed by atoms with E-state index in [2.05, 4.69) is 15.7 Å². The molecule has 0 aliphatic heterocycles. The van der Waals surface area contributed by atoms with Crippen molar-refractivity contribution in [3.05, 3.63) is 44.9 Å². The molecule has 1 amide bonds. The van der Waals surface area contributed by atoms with Crippen molar-refractivity contribution in [3.63, 3.8) is 0 Å². The van der Waals surface area contributed by atoms with E-state index in [9.17, 15) is 4.79 Å². The van der Waals surface area contributed by atoms with Crippen LogP contribution in [0.5, 0.6) is 0 Å². The molecule has 0 saturated carbocycles. The van der Waals surface area contributed by atoms with Gasteiger partial charge in [-0.2, -0.15) is 0 Å². The number of nitrogens with zero attached hydrogens (tertiary/aromatic N) is 1. The normalized spacial score (nSPS) is 12.0. The molecule has 1 unspecified atom stereocenters. The minimum absolute atomic E-state index is 0.132. The van der Waals surface area contributed by atoms with E-state index >= 15 is 0 Å². The molecule has 0 spiro atoms. The summed E-state index contributed by atoms with van der Waals surface area (Å²) in [4.78, 5) is 17.4. The highest BCUT2D eigenvalue weighted by atomic mass is 35.5. The first-order valence-electron chi connectivity index (χ1n) is 6.00. The number of aromatic nitrogens is 1. The summed E-state index contributed by atoms with van der Waals surface area (Å²) in [5.74, 6) is 5.20. The summed E-state index contributed by atoms with van der Waals surface area (Å²) in [6.45, 7) is 3.73. The Labute approximate surface area is 126 Å². The van der Waals surface area contributed by atoms with Crippen LogP contribution in [-0.4, -0.2) is 10.9 Å². The largest absolute Gasteiger partial charge is 0.345 e. The Balaban J connectivity index is 2.16. The first-order valence-corrected chi connectivity index (χ1v) is 7.20. The average Bonchev–Trinajstić information content (AvgIpc) is 2.85. The molecule has 0 radical (unpaired) electrons. The fourth-order valence-electron chi connectivity index (χ4n) is 1.77. The zero-order chi connectivity index (χ0) is 14.7. The van der Waals surface area contributed by atoms with Gasteiger partial charge >= 0.3 is 0 Å². The van der Waals surface area contributed by atoms with Gasteiger partial charge in [0.1, 0.15) is 0 Å².